The number of anilines is 2. The molecule has 4 rings (SSSR count). The summed E-state index contributed by atoms with van der Waals surface area (Å²) in [6.45, 7) is 3.07. The van der Waals surface area contributed by atoms with Crippen molar-refractivity contribution < 1.29 is 44.3 Å². The topological polar surface area (TPSA) is 80.0 Å². The number of halogens is 9. The molecule has 0 bridgehead atoms. The first-order valence-electron chi connectivity index (χ1n) is 14.9. The van der Waals surface area contributed by atoms with Gasteiger partial charge in [0.05, 0.1) is 23.7 Å². The van der Waals surface area contributed by atoms with Crippen LogP contribution in [0.25, 0.3) is 0 Å². The Morgan fingerprint density at radius 1 is 0.830 bits per heavy atom. The number of carbonyl (C=O) groups is 1. The maximum absolute atomic E-state index is 13.9. The average molecular weight is 680 g/mol. The summed E-state index contributed by atoms with van der Waals surface area (Å²) in [6.07, 6.45) is -10.5. The Bertz CT molecular complexity index is 1490. The normalized spacial score (nSPS) is 17.5. The second-order valence-electron chi connectivity index (χ2n) is 11.9. The van der Waals surface area contributed by atoms with E-state index in [1.54, 1.807) is 18.7 Å². The zero-order valence-corrected chi connectivity index (χ0v) is 25.8. The molecule has 3 aromatic rings. The van der Waals surface area contributed by atoms with Crippen LogP contribution in [0.2, 0.25) is 0 Å². The van der Waals surface area contributed by atoms with E-state index in [1.807, 2.05) is 0 Å². The number of Topliss-reactive ketones (excluding diaryl/α,β-unsaturated/α-hetero) is 1. The van der Waals surface area contributed by atoms with Crippen LogP contribution in [0.1, 0.15) is 73.8 Å². The summed E-state index contributed by atoms with van der Waals surface area (Å²) in [5, 5.41) is 11.6. The van der Waals surface area contributed by atoms with E-state index in [4.69, 9.17) is 0 Å². The minimum atomic E-state index is -5.10. The summed E-state index contributed by atoms with van der Waals surface area (Å²) in [5.74, 6) is 0.511. The quantitative estimate of drug-likeness (QED) is 0.195. The number of carbonyl (C=O) groups excluding carboxylic acids is 1. The number of pyridine rings is 1. The number of nitrogens with zero attached hydrogens (tertiary/aromatic N) is 7. The number of hydrogen-bond acceptors (Lipinski definition) is 7. The third-order valence-electron chi connectivity index (χ3n) is 8.14. The van der Waals surface area contributed by atoms with Crippen molar-refractivity contribution in [2.75, 3.05) is 22.9 Å². The Hall–Kier alpha value is -3.92. The van der Waals surface area contributed by atoms with Crippen LogP contribution in [-0.2, 0) is 43.5 Å². The molecule has 0 N–H and O–H groups in total. The minimum absolute atomic E-state index is 0.00402. The number of benzene rings is 1. The van der Waals surface area contributed by atoms with Crippen molar-refractivity contribution in [2.45, 2.75) is 77.6 Å². The molecule has 8 nitrogen and oxygen atoms in total. The number of hydrogen-bond donors (Lipinski definition) is 0. The summed E-state index contributed by atoms with van der Waals surface area (Å²) >= 11 is 0. The molecule has 0 saturated heterocycles. The summed E-state index contributed by atoms with van der Waals surface area (Å²) < 4.78 is 123. The Morgan fingerprint density at radius 2 is 1.40 bits per heavy atom. The van der Waals surface area contributed by atoms with Crippen LogP contribution in [0.15, 0.2) is 30.5 Å². The Balaban J connectivity index is 1.72. The van der Waals surface area contributed by atoms with E-state index < -0.39 is 53.9 Å². The number of tetrazole rings is 1. The van der Waals surface area contributed by atoms with E-state index in [9.17, 15) is 44.3 Å². The van der Waals surface area contributed by atoms with Crippen LogP contribution in [-0.4, -0.2) is 44.1 Å². The van der Waals surface area contributed by atoms with Gasteiger partial charge in [-0.25, -0.2) is 4.98 Å². The van der Waals surface area contributed by atoms with Crippen molar-refractivity contribution in [2.24, 2.45) is 18.9 Å². The largest absolute Gasteiger partial charge is 0.417 e. The van der Waals surface area contributed by atoms with Gasteiger partial charge in [-0.3, -0.25) is 0 Å². The van der Waals surface area contributed by atoms with Gasteiger partial charge in [0.1, 0.15) is 11.6 Å². The van der Waals surface area contributed by atoms with Crippen LogP contribution < -0.4 is 9.80 Å². The maximum Gasteiger partial charge on any atom is 0.417 e. The fourth-order valence-electron chi connectivity index (χ4n) is 5.90. The highest BCUT2D eigenvalue weighted by Gasteiger charge is 2.38. The van der Waals surface area contributed by atoms with Gasteiger partial charge < -0.3 is 14.6 Å². The lowest BCUT2D eigenvalue weighted by Gasteiger charge is -2.34. The highest BCUT2D eigenvalue weighted by molar-refractivity contribution is 5.75. The smallest absolute Gasteiger partial charge is 0.356 e. The van der Waals surface area contributed by atoms with E-state index in [1.165, 1.54) is 7.05 Å². The summed E-state index contributed by atoms with van der Waals surface area (Å²) in [7, 11) is 1.38. The van der Waals surface area contributed by atoms with Crippen LogP contribution in [0.3, 0.4) is 0 Å². The van der Waals surface area contributed by atoms with Gasteiger partial charge in [-0.05, 0) is 86.4 Å². The van der Waals surface area contributed by atoms with Gasteiger partial charge in [0.25, 0.3) is 5.95 Å². The fourth-order valence-corrected chi connectivity index (χ4v) is 5.90. The first-order valence-corrected chi connectivity index (χ1v) is 14.9. The van der Waals surface area contributed by atoms with E-state index in [2.05, 4.69) is 20.4 Å². The van der Waals surface area contributed by atoms with Crippen LogP contribution in [0.4, 0.5) is 51.3 Å². The van der Waals surface area contributed by atoms with Crippen LogP contribution in [0.5, 0.6) is 0 Å². The van der Waals surface area contributed by atoms with E-state index in [-0.39, 0.29) is 41.0 Å². The van der Waals surface area contributed by atoms with Crippen LogP contribution in [0, 0.1) is 11.8 Å². The summed E-state index contributed by atoms with van der Waals surface area (Å²) in [4.78, 5) is 19.7. The van der Waals surface area contributed by atoms with Crippen molar-refractivity contribution in [3.8, 4) is 0 Å². The summed E-state index contributed by atoms with van der Waals surface area (Å²) in [6, 6.07) is 1.96. The predicted molar refractivity (Wildman–Crippen MR) is 153 cm³/mol. The van der Waals surface area contributed by atoms with Gasteiger partial charge in [0.15, 0.2) is 0 Å². The van der Waals surface area contributed by atoms with Crippen molar-refractivity contribution in [1.29, 1.82) is 0 Å². The molecule has 2 aromatic heterocycles. The Kier molecular flexibility index (Phi) is 10.7. The molecular weight excluding hydrogens is 645 g/mol. The van der Waals surface area contributed by atoms with Crippen LogP contribution >= 0.6 is 0 Å². The van der Waals surface area contributed by atoms with Gasteiger partial charge in [-0.2, -0.15) is 44.3 Å². The highest BCUT2D eigenvalue weighted by atomic mass is 19.4. The van der Waals surface area contributed by atoms with Gasteiger partial charge >= 0.3 is 18.5 Å². The molecule has 1 aromatic carbocycles. The lowest BCUT2D eigenvalue weighted by atomic mass is 9.79. The zero-order chi connectivity index (χ0) is 34.7. The molecule has 2 heterocycles. The second-order valence-corrected chi connectivity index (χ2v) is 11.9. The molecule has 1 aliphatic carbocycles. The molecule has 0 atom stereocenters. The molecule has 1 fully saturated rings. The standard InChI is InChI=1S/C30H34F9N7O/c1-4-45(15-20-7-5-19(6-8-20)9-18(2)47)26-22(12-25(14-40-26)30(37,38)39)17-46(27-41-43-44(3)42-27)16-21-10-23(28(31,32)33)13-24(11-21)29(34,35)36/h10-14,19-20H,4-9,15-17H2,1-3H3/t19-,20-. The predicted octanol–water partition coefficient (Wildman–Crippen LogP) is 7.48. The van der Waals surface area contributed by atoms with E-state index >= 15 is 0 Å². The van der Waals surface area contributed by atoms with E-state index in [0.29, 0.717) is 37.8 Å². The van der Waals surface area contributed by atoms with Gasteiger partial charge in [0.2, 0.25) is 0 Å². The van der Waals surface area contributed by atoms with Crippen molar-refractivity contribution >= 4 is 17.5 Å². The molecule has 0 aliphatic heterocycles. The molecule has 0 unspecified atom stereocenters. The number of rotatable bonds is 11. The average Bonchev–Trinajstić information content (AvgIpc) is 3.41. The van der Waals surface area contributed by atoms with E-state index in [0.717, 1.165) is 41.4 Å². The van der Waals surface area contributed by atoms with Crippen molar-refractivity contribution in [3.05, 3.63) is 58.3 Å². The molecule has 17 heteroatoms. The third kappa shape index (κ3) is 9.56. The first-order chi connectivity index (χ1) is 21.8. The number of ketones is 1. The Labute approximate surface area is 264 Å². The first kappa shape index (κ1) is 35.9. The number of alkyl halides is 9. The fraction of sp³-hybridized carbons (Fsp3) is 0.567. The number of aromatic nitrogens is 5. The Morgan fingerprint density at radius 3 is 1.89 bits per heavy atom. The molecular formula is C30H34F9N7O. The van der Waals surface area contributed by atoms with Crippen molar-refractivity contribution in [1.82, 2.24) is 25.2 Å². The zero-order valence-electron chi connectivity index (χ0n) is 25.8. The molecule has 0 amide bonds. The lowest BCUT2D eigenvalue weighted by molar-refractivity contribution is -0.143. The van der Waals surface area contributed by atoms with Crippen molar-refractivity contribution in [3.63, 3.8) is 0 Å². The molecule has 1 aliphatic rings. The molecule has 258 valence electrons. The van der Waals surface area contributed by atoms with Gasteiger partial charge in [0, 0.05) is 44.4 Å². The maximum atomic E-state index is 13.9. The van der Waals surface area contributed by atoms with Gasteiger partial charge in [-0.1, -0.05) is 5.10 Å². The van der Waals surface area contributed by atoms with Gasteiger partial charge in [-0.15, -0.1) is 5.10 Å². The monoisotopic (exact) mass is 679 g/mol. The second kappa shape index (κ2) is 14.1. The lowest BCUT2D eigenvalue weighted by Crippen LogP contribution is -2.34. The third-order valence-corrected chi connectivity index (χ3v) is 8.14. The molecule has 0 radical (unpaired) electrons. The molecule has 0 spiro atoms. The summed E-state index contributed by atoms with van der Waals surface area (Å²) in [5.41, 5.74) is -4.56. The SMILES string of the molecule is CCN(C[C@H]1CC[C@H](CC(C)=O)CC1)c1ncc(C(F)(F)F)cc1CN(Cc1cc(C(F)(F)F)cc(C(F)(F)F)c1)c1nnn(C)n1. The number of aryl methyl sites for hydroxylation is 1. The molecule has 1 saturated carbocycles. The highest BCUT2D eigenvalue weighted by Crippen LogP contribution is 2.38. The minimum Gasteiger partial charge on any atom is -0.356 e. The molecule has 47 heavy (non-hydrogen) atoms.